The average Bonchev–Trinajstić information content (AvgIpc) is 2.99. The van der Waals surface area contributed by atoms with E-state index in [0.717, 1.165) is 41.8 Å². The number of ether oxygens (including phenoxy) is 6. The highest BCUT2D eigenvalue weighted by Crippen LogP contribution is 2.35. The highest BCUT2D eigenvalue weighted by molar-refractivity contribution is 5.67. The Morgan fingerprint density at radius 1 is 0.795 bits per heavy atom. The van der Waals surface area contributed by atoms with Gasteiger partial charge in [0.05, 0.1) is 39.6 Å². The number of unbranched alkanes of at least 4 members (excludes halogenated alkanes) is 2. The predicted molar refractivity (Wildman–Crippen MR) is 173 cm³/mol. The number of alkyl carbamates (subject to hydrolysis) is 1. The summed E-state index contributed by atoms with van der Waals surface area (Å²) in [5.41, 5.74) is 3.67. The molecule has 0 aliphatic heterocycles. The Balaban J connectivity index is 1.42. The number of hydrogen-bond acceptors (Lipinski definition) is 8. The van der Waals surface area contributed by atoms with Crippen molar-refractivity contribution < 1.29 is 33.2 Å². The van der Waals surface area contributed by atoms with Crippen LogP contribution in [0.15, 0.2) is 60.7 Å². The molecule has 240 valence electrons. The van der Waals surface area contributed by atoms with Crippen LogP contribution in [-0.4, -0.2) is 52.3 Å². The molecule has 9 nitrogen and oxygen atoms in total. The van der Waals surface area contributed by atoms with E-state index >= 15 is 0 Å². The number of amides is 1. The quantitative estimate of drug-likeness (QED) is 0.145. The molecule has 0 aromatic heterocycles. The average molecular weight is 609 g/mol. The lowest BCUT2D eigenvalue weighted by molar-refractivity contribution is 0.0527. The Bertz CT molecular complexity index is 1260. The van der Waals surface area contributed by atoms with Gasteiger partial charge in [-0.15, -0.1) is 0 Å². The molecule has 0 atom stereocenters. The minimum absolute atomic E-state index is 0.382. The second-order valence-corrected chi connectivity index (χ2v) is 11.4. The van der Waals surface area contributed by atoms with E-state index in [9.17, 15) is 4.79 Å². The number of carbonyl (C=O) groups is 1. The Labute approximate surface area is 262 Å². The molecule has 0 heterocycles. The molecule has 0 aliphatic carbocycles. The van der Waals surface area contributed by atoms with Crippen LogP contribution < -0.4 is 29.6 Å². The van der Waals surface area contributed by atoms with E-state index in [1.807, 2.05) is 57.2 Å². The largest absolute Gasteiger partial charge is 0.496 e. The highest BCUT2D eigenvalue weighted by atomic mass is 16.6. The monoisotopic (exact) mass is 608 g/mol. The van der Waals surface area contributed by atoms with Crippen LogP contribution in [0.1, 0.15) is 56.7 Å². The lowest BCUT2D eigenvalue weighted by Gasteiger charge is -2.19. The summed E-state index contributed by atoms with van der Waals surface area (Å²) in [6.07, 6.45) is 2.30. The predicted octanol–water partition coefficient (Wildman–Crippen LogP) is 7.29. The molecule has 3 aromatic carbocycles. The maximum atomic E-state index is 11.7. The number of benzene rings is 3. The normalized spacial score (nSPS) is 11.0. The topological polar surface area (TPSA) is 96.5 Å². The number of aryl methyl sites for hydroxylation is 1. The summed E-state index contributed by atoms with van der Waals surface area (Å²) < 4.78 is 34.2. The summed E-state index contributed by atoms with van der Waals surface area (Å²) in [7, 11) is 3.27. The molecule has 1 amide bonds. The lowest BCUT2D eigenvalue weighted by Crippen LogP contribution is -2.33. The third-order valence-electron chi connectivity index (χ3n) is 6.53. The Hall–Kier alpha value is -4.11. The fraction of sp³-hybridized carbons (Fsp3) is 0.457. The molecule has 44 heavy (non-hydrogen) atoms. The van der Waals surface area contributed by atoms with Gasteiger partial charge in [0.1, 0.15) is 35.2 Å². The van der Waals surface area contributed by atoms with Gasteiger partial charge in [0, 0.05) is 37.0 Å². The first-order chi connectivity index (χ1) is 21.2. The van der Waals surface area contributed by atoms with Crippen molar-refractivity contribution in [1.29, 1.82) is 0 Å². The number of methoxy groups -OCH3 is 2. The summed E-state index contributed by atoms with van der Waals surface area (Å²) >= 11 is 0. The van der Waals surface area contributed by atoms with Gasteiger partial charge in [0.2, 0.25) is 0 Å². The summed E-state index contributed by atoms with van der Waals surface area (Å²) in [4.78, 5) is 11.7. The van der Waals surface area contributed by atoms with Gasteiger partial charge in [-0.3, -0.25) is 0 Å². The first-order valence-electron chi connectivity index (χ1n) is 15.1. The molecule has 0 fully saturated rings. The molecule has 2 N–H and O–H groups in total. The van der Waals surface area contributed by atoms with Crippen molar-refractivity contribution in [2.45, 2.75) is 65.7 Å². The zero-order chi connectivity index (χ0) is 31.8. The third kappa shape index (κ3) is 12.6. The van der Waals surface area contributed by atoms with Gasteiger partial charge in [-0.2, -0.15) is 0 Å². The van der Waals surface area contributed by atoms with Crippen molar-refractivity contribution in [2.75, 3.05) is 45.9 Å². The van der Waals surface area contributed by atoms with E-state index in [-0.39, 0.29) is 6.09 Å². The maximum Gasteiger partial charge on any atom is 0.407 e. The van der Waals surface area contributed by atoms with Gasteiger partial charge < -0.3 is 39.1 Å². The Kier molecular flexibility index (Phi) is 14.0. The van der Waals surface area contributed by atoms with Crippen LogP contribution >= 0.6 is 0 Å². The second kappa shape index (κ2) is 17.9. The summed E-state index contributed by atoms with van der Waals surface area (Å²) in [6.45, 7) is 10.7. The van der Waals surface area contributed by atoms with Crippen molar-refractivity contribution in [3.05, 3.63) is 77.4 Å². The third-order valence-corrected chi connectivity index (χ3v) is 6.53. The van der Waals surface area contributed by atoms with Crippen LogP contribution in [0.2, 0.25) is 0 Å². The standard InChI is InChI=1S/C35H48N2O7/c1-26-13-15-27(16-14-26)25-41-19-20-43-30-22-32(39-5)31(33(23-30)40-6)24-37-28-11-10-12-29(21-28)42-18-9-7-8-17-36-34(38)44-35(2,3)4/h10-16,21-23,37H,7-9,17-20,24-25H2,1-6H3,(H,36,38). The van der Waals surface area contributed by atoms with Gasteiger partial charge in [0.15, 0.2) is 0 Å². The van der Waals surface area contributed by atoms with Crippen LogP contribution in [0, 0.1) is 6.92 Å². The molecule has 0 saturated heterocycles. The maximum absolute atomic E-state index is 11.7. The lowest BCUT2D eigenvalue weighted by atomic mass is 10.1. The van der Waals surface area contributed by atoms with E-state index in [4.69, 9.17) is 28.4 Å². The summed E-state index contributed by atoms with van der Waals surface area (Å²) in [5.74, 6) is 2.77. The van der Waals surface area contributed by atoms with Gasteiger partial charge >= 0.3 is 6.09 Å². The van der Waals surface area contributed by atoms with Gasteiger partial charge in [0.25, 0.3) is 0 Å². The minimum atomic E-state index is -0.489. The molecular formula is C35H48N2O7. The number of hydrogen-bond donors (Lipinski definition) is 2. The highest BCUT2D eigenvalue weighted by Gasteiger charge is 2.16. The van der Waals surface area contributed by atoms with Crippen LogP contribution in [0.25, 0.3) is 0 Å². The zero-order valence-electron chi connectivity index (χ0n) is 27.0. The van der Waals surface area contributed by atoms with Crippen molar-refractivity contribution in [3.8, 4) is 23.0 Å². The van der Waals surface area contributed by atoms with E-state index < -0.39 is 5.60 Å². The molecule has 0 aliphatic rings. The second-order valence-electron chi connectivity index (χ2n) is 11.4. The van der Waals surface area contributed by atoms with Crippen molar-refractivity contribution in [1.82, 2.24) is 5.32 Å². The fourth-order valence-corrected chi connectivity index (χ4v) is 4.30. The first kappa shape index (κ1) is 34.4. The molecule has 0 unspecified atom stereocenters. The zero-order valence-corrected chi connectivity index (χ0v) is 27.0. The van der Waals surface area contributed by atoms with Gasteiger partial charge in [-0.05, 0) is 64.7 Å². The van der Waals surface area contributed by atoms with Gasteiger partial charge in [-0.1, -0.05) is 35.9 Å². The van der Waals surface area contributed by atoms with Crippen LogP contribution in [0.3, 0.4) is 0 Å². The van der Waals surface area contributed by atoms with Crippen molar-refractivity contribution in [2.24, 2.45) is 0 Å². The molecule has 9 heteroatoms. The minimum Gasteiger partial charge on any atom is -0.496 e. The van der Waals surface area contributed by atoms with E-state index in [2.05, 4.69) is 41.8 Å². The molecule has 0 radical (unpaired) electrons. The van der Waals surface area contributed by atoms with Crippen molar-refractivity contribution >= 4 is 11.8 Å². The van der Waals surface area contributed by atoms with Gasteiger partial charge in [-0.25, -0.2) is 4.79 Å². The molecule has 0 spiro atoms. The van der Waals surface area contributed by atoms with Crippen LogP contribution in [-0.2, 0) is 22.6 Å². The van der Waals surface area contributed by atoms with E-state index in [0.29, 0.717) is 56.8 Å². The van der Waals surface area contributed by atoms with E-state index in [1.54, 1.807) is 14.2 Å². The smallest absolute Gasteiger partial charge is 0.407 e. The number of anilines is 1. The van der Waals surface area contributed by atoms with Crippen LogP contribution in [0.5, 0.6) is 23.0 Å². The van der Waals surface area contributed by atoms with Crippen LogP contribution in [0.4, 0.5) is 10.5 Å². The number of carbonyl (C=O) groups excluding carboxylic acids is 1. The fourth-order valence-electron chi connectivity index (χ4n) is 4.30. The number of nitrogens with one attached hydrogen (secondary N) is 2. The van der Waals surface area contributed by atoms with E-state index in [1.165, 1.54) is 5.56 Å². The SMILES string of the molecule is COc1cc(OCCOCc2ccc(C)cc2)cc(OC)c1CNc1cccc(OCCCCCNC(=O)OC(C)(C)C)c1. The molecule has 3 rings (SSSR count). The van der Waals surface area contributed by atoms with Crippen molar-refractivity contribution in [3.63, 3.8) is 0 Å². The summed E-state index contributed by atoms with van der Waals surface area (Å²) in [5, 5.41) is 6.22. The molecule has 0 saturated carbocycles. The molecule has 0 bridgehead atoms. The molecule has 3 aromatic rings. The molecular weight excluding hydrogens is 560 g/mol. The Morgan fingerprint density at radius 3 is 2.18 bits per heavy atom. The first-order valence-corrected chi connectivity index (χ1v) is 15.1. The Morgan fingerprint density at radius 2 is 1.50 bits per heavy atom. The summed E-state index contributed by atoms with van der Waals surface area (Å²) in [6, 6.07) is 19.9. The number of rotatable bonds is 18.